The molecular weight excluding hydrogens is 298 g/mol. The van der Waals surface area contributed by atoms with E-state index in [9.17, 15) is 4.79 Å². The minimum Gasteiger partial charge on any atom is -0.337 e. The summed E-state index contributed by atoms with van der Waals surface area (Å²) < 4.78 is 0. The zero-order valence-corrected chi connectivity index (χ0v) is 14.1. The molecule has 2 aromatic rings. The van der Waals surface area contributed by atoms with Crippen molar-refractivity contribution in [1.29, 1.82) is 5.26 Å². The summed E-state index contributed by atoms with van der Waals surface area (Å²) in [7, 11) is 3.97. The molecule has 1 atom stereocenters. The number of hydrogen-bond donors (Lipinski definition) is 0. The summed E-state index contributed by atoms with van der Waals surface area (Å²) in [5.74, 6) is 0.0496. The molecular formula is C20H21N3O. The smallest absolute Gasteiger partial charge is 0.253 e. The second-order valence-electron chi connectivity index (χ2n) is 6.39. The van der Waals surface area contributed by atoms with Gasteiger partial charge in [0.15, 0.2) is 0 Å². The first kappa shape index (κ1) is 16.2. The zero-order chi connectivity index (χ0) is 17.1. The molecule has 0 bridgehead atoms. The topological polar surface area (TPSA) is 47.3 Å². The molecule has 24 heavy (non-hydrogen) atoms. The molecule has 3 rings (SSSR count). The van der Waals surface area contributed by atoms with Crippen LogP contribution in [0.4, 0.5) is 0 Å². The summed E-state index contributed by atoms with van der Waals surface area (Å²) in [5, 5.41) is 9.05. The molecule has 4 heteroatoms. The van der Waals surface area contributed by atoms with Crippen molar-refractivity contribution in [2.24, 2.45) is 0 Å². The molecule has 0 aliphatic carbocycles. The van der Waals surface area contributed by atoms with Gasteiger partial charge >= 0.3 is 0 Å². The Kier molecular flexibility index (Phi) is 4.64. The summed E-state index contributed by atoms with van der Waals surface area (Å²) in [6, 6.07) is 17.5. The van der Waals surface area contributed by atoms with Crippen molar-refractivity contribution in [1.82, 2.24) is 9.80 Å². The highest BCUT2D eigenvalue weighted by molar-refractivity contribution is 5.95. The first-order valence-electron chi connectivity index (χ1n) is 8.15. The van der Waals surface area contributed by atoms with E-state index in [2.05, 4.69) is 18.0 Å². The second kappa shape index (κ2) is 6.86. The molecule has 1 aliphatic rings. The lowest BCUT2D eigenvalue weighted by Crippen LogP contribution is -2.38. The van der Waals surface area contributed by atoms with Gasteiger partial charge in [-0.3, -0.25) is 4.79 Å². The molecule has 0 saturated carbocycles. The molecule has 0 N–H and O–H groups in total. The highest BCUT2D eigenvalue weighted by Gasteiger charge is 2.27. The van der Waals surface area contributed by atoms with Crippen LogP contribution in [0.25, 0.3) is 11.1 Å². The predicted molar refractivity (Wildman–Crippen MR) is 94.6 cm³/mol. The van der Waals surface area contributed by atoms with Gasteiger partial charge in [-0.05, 0) is 55.4 Å². The highest BCUT2D eigenvalue weighted by atomic mass is 16.2. The van der Waals surface area contributed by atoms with Crippen LogP contribution in [0.3, 0.4) is 0 Å². The van der Waals surface area contributed by atoms with E-state index in [1.807, 2.05) is 54.4 Å². The van der Waals surface area contributed by atoms with Crippen molar-refractivity contribution in [2.75, 3.05) is 27.2 Å². The molecule has 1 amide bonds. The van der Waals surface area contributed by atoms with E-state index in [0.717, 1.165) is 30.6 Å². The van der Waals surface area contributed by atoms with E-state index in [0.29, 0.717) is 11.1 Å². The van der Waals surface area contributed by atoms with Gasteiger partial charge in [0.25, 0.3) is 5.91 Å². The Morgan fingerprint density at radius 1 is 1.21 bits per heavy atom. The normalized spacial score (nSPS) is 17.5. The van der Waals surface area contributed by atoms with Crippen LogP contribution in [0, 0.1) is 11.3 Å². The lowest BCUT2D eigenvalue weighted by Gasteiger charge is -2.24. The van der Waals surface area contributed by atoms with Crippen LogP contribution in [0.2, 0.25) is 0 Å². The van der Waals surface area contributed by atoms with Crippen molar-refractivity contribution in [3.8, 4) is 17.2 Å². The summed E-state index contributed by atoms with van der Waals surface area (Å²) in [4.78, 5) is 16.9. The SMILES string of the molecule is CN1CC[C@H](N(C)C(=O)c2cccc(-c3cccc(C#N)c3)c2)C1. The number of amides is 1. The maximum atomic E-state index is 12.8. The summed E-state index contributed by atoms with van der Waals surface area (Å²) >= 11 is 0. The van der Waals surface area contributed by atoms with Gasteiger partial charge in [-0.2, -0.15) is 5.26 Å². The van der Waals surface area contributed by atoms with Gasteiger partial charge in [0.2, 0.25) is 0 Å². The third kappa shape index (κ3) is 3.32. The number of likely N-dealkylation sites (tertiary alicyclic amines) is 1. The van der Waals surface area contributed by atoms with Crippen molar-refractivity contribution in [3.05, 3.63) is 59.7 Å². The largest absolute Gasteiger partial charge is 0.337 e. The third-order valence-corrected chi connectivity index (χ3v) is 4.67. The van der Waals surface area contributed by atoms with Gasteiger partial charge in [0.1, 0.15) is 0 Å². The Balaban J connectivity index is 1.84. The van der Waals surface area contributed by atoms with Gasteiger partial charge in [0, 0.05) is 25.2 Å². The molecule has 0 spiro atoms. The Bertz CT molecular complexity index is 793. The molecule has 4 nitrogen and oxygen atoms in total. The third-order valence-electron chi connectivity index (χ3n) is 4.67. The Morgan fingerprint density at radius 2 is 1.92 bits per heavy atom. The molecule has 0 aromatic heterocycles. The number of carbonyl (C=O) groups is 1. The fourth-order valence-electron chi connectivity index (χ4n) is 3.20. The molecule has 1 aliphatic heterocycles. The van der Waals surface area contributed by atoms with Crippen molar-refractivity contribution < 1.29 is 4.79 Å². The summed E-state index contributed by atoms with van der Waals surface area (Å²) in [6.45, 7) is 1.95. The summed E-state index contributed by atoms with van der Waals surface area (Å²) in [5.41, 5.74) is 3.21. The number of nitriles is 1. The number of benzene rings is 2. The maximum Gasteiger partial charge on any atom is 0.253 e. The number of likely N-dealkylation sites (N-methyl/N-ethyl adjacent to an activating group) is 2. The van der Waals surface area contributed by atoms with E-state index >= 15 is 0 Å². The second-order valence-corrected chi connectivity index (χ2v) is 6.39. The molecule has 0 radical (unpaired) electrons. The van der Waals surface area contributed by atoms with E-state index in [4.69, 9.17) is 5.26 Å². The monoisotopic (exact) mass is 319 g/mol. The van der Waals surface area contributed by atoms with Crippen LogP contribution in [0.5, 0.6) is 0 Å². The number of nitrogens with zero attached hydrogens (tertiary/aromatic N) is 3. The van der Waals surface area contributed by atoms with E-state index in [1.54, 1.807) is 6.07 Å². The van der Waals surface area contributed by atoms with Gasteiger partial charge in [0.05, 0.1) is 11.6 Å². The van der Waals surface area contributed by atoms with Crippen LogP contribution in [0.1, 0.15) is 22.3 Å². The van der Waals surface area contributed by atoms with Crippen molar-refractivity contribution in [3.63, 3.8) is 0 Å². The van der Waals surface area contributed by atoms with E-state index in [1.165, 1.54) is 0 Å². The molecule has 1 saturated heterocycles. The van der Waals surface area contributed by atoms with Crippen LogP contribution < -0.4 is 0 Å². The molecule has 1 heterocycles. The minimum atomic E-state index is 0.0496. The van der Waals surface area contributed by atoms with Crippen molar-refractivity contribution >= 4 is 5.91 Å². The van der Waals surface area contributed by atoms with Crippen LogP contribution in [-0.2, 0) is 0 Å². The molecule has 2 aromatic carbocycles. The predicted octanol–water partition coefficient (Wildman–Crippen LogP) is 3.00. The summed E-state index contributed by atoms with van der Waals surface area (Å²) in [6.07, 6.45) is 1.02. The number of rotatable bonds is 3. The fraction of sp³-hybridized carbons (Fsp3) is 0.300. The standard InChI is InChI=1S/C20H21N3O/c1-22-10-9-19(14-22)23(2)20(24)18-8-4-7-17(12-18)16-6-3-5-15(11-16)13-21/h3-8,11-12,19H,9-10,14H2,1-2H3/t19-/m0/s1. The van der Waals surface area contributed by atoms with Crippen LogP contribution in [0.15, 0.2) is 48.5 Å². The fourth-order valence-corrected chi connectivity index (χ4v) is 3.20. The highest BCUT2D eigenvalue weighted by Crippen LogP contribution is 2.23. The average Bonchev–Trinajstić information content (AvgIpc) is 3.07. The lowest BCUT2D eigenvalue weighted by atomic mass is 10.0. The Morgan fingerprint density at radius 3 is 2.58 bits per heavy atom. The number of carbonyl (C=O) groups excluding carboxylic acids is 1. The van der Waals surface area contributed by atoms with E-state index < -0.39 is 0 Å². The molecule has 122 valence electrons. The van der Waals surface area contributed by atoms with E-state index in [-0.39, 0.29) is 11.9 Å². The Labute approximate surface area is 142 Å². The van der Waals surface area contributed by atoms with Gasteiger partial charge < -0.3 is 9.80 Å². The first-order valence-corrected chi connectivity index (χ1v) is 8.15. The molecule has 0 unspecified atom stereocenters. The zero-order valence-electron chi connectivity index (χ0n) is 14.1. The minimum absolute atomic E-state index is 0.0496. The average molecular weight is 319 g/mol. The molecule has 1 fully saturated rings. The van der Waals surface area contributed by atoms with Crippen molar-refractivity contribution in [2.45, 2.75) is 12.5 Å². The maximum absolute atomic E-state index is 12.8. The van der Waals surface area contributed by atoms with Gasteiger partial charge in [-0.1, -0.05) is 24.3 Å². The first-order chi connectivity index (χ1) is 11.6. The van der Waals surface area contributed by atoms with Crippen LogP contribution in [-0.4, -0.2) is 48.9 Å². The van der Waals surface area contributed by atoms with Gasteiger partial charge in [-0.25, -0.2) is 0 Å². The Hall–Kier alpha value is -2.64. The number of hydrogen-bond acceptors (Lipinski definition) is 3. The lowest BCUT2D eigenvalue weighted by molar-refractivity contribution is 0.0737. The quantitative estimate of drug-likeness (QED) is 0.874. The van der Waals surface area contributed by atoms with Crippen LogP contribution >= 0.6 is 0 Å². The van der Waals surface area contributed by atoms with Gasteiger partial charge in [-0.15, -0.1) is 0 Å².